The Kier molecular flexibility index (Phi) is 4.26. The molecule has 10 heteroatoms. The number of nitrogens with one attached hydrogen (secondary N) is 1. The van der Waals surface area contributed by atoms with Gasteiger partial charge in [0.15, 0.2) is 12.1 Å². The molecule has 0 fully saturated rings. The van der Waals surface area contributed by atoms with Crippen molar-refractivity contribution >= 4 is 17.6 Å². The Labute approximate surface area is 146 Å². The summed E-state index contributed by atoms with van der Waals surface area (Å²) in [6, 6.07) is 2.82. The minimum Gasteiger partial charge on any atom is -0.459 e. The van der Waals surface area contributed by atoms with Gasteiger partial charge in [0.1, 0.15) is 11.5 Å². The summed E-state index contributed by atoms with van der Waals surface area (Å²) in [6.45, 7) is 0.0174. The number of halogens is 3. The molecule has 1 aromatic heterocycles. The molecule has 0 saturated heterocycles. The normalized spacial score (nSPS) is 21.5. The topological polar surface area (TPSA) is 102 Å². The van der Waals surface area contributed by atoms with Gasteiger partial charge in [0, 0.05) is 23.6 Å². The van der Waals surface area contributed by atoms with Crippen LogP contribution < -0.4 is 11.1 Å². The van der Waals surface area contributed by atoms with E-state index in [9.17, 15) is 18.0 Å². The molecule has 26 heavy (non-hydrogen) atoms. The first kappa shape index (κ1) is 17.6. The maximum atomic E-state index is 14.4. The number of nitrogens with zero attached hydrogens (tertiary/aromatic N) is 3. The number of aliphatic imine (C=N–C) groups is 1. The molecule has 0 aliphatic carbocycles. The molecule has 1 atom stereocenters. The van der Waals surface area contributed by atoms with E-state index in [4.69, 9.17) is 5.73 Å². The predicted octanol–water partition coefficient (Wildman–Crippen LogP) is 2.06. The van der Waals surface area contributed by atoms with Gasteiger partial charge in [-0.15, -0.1) is 0 Å². The van der Waals surface area contributed by atoms with E-state index in [1.807, 2.05) is 0 Å². The number of carbonyl (C=O) groups excluding carboxylic acids is 1. The number of anilines is 1. The van der Waals surface area contributed by atoms with Gasteiger partial charge in [-0.05, 0) is 25.1 Å². The summed E-state index contributed by atoms with van der Waals surface area (Å²) >= 11 is 0. The van der Waals surface area contributed by atoms with E-state index < -0.39 is 41.4 Å². The number of rotatable bonds is 3. The fraction of sp³-hybridized carbons (Fsp3) is 0.250. The molecule has 0 unspecified atom stereocenters. The van der Waals surface area contributed by atoms with E-state index in [2.05, 4.69) is 25.0 Å². The van der Waals surface area contributed by atoms with Crippen LogP contribution in [0.15, 0.2) is 41.8 Å². The molecule has 0 spiro atoms. The zero-order valence-electron chi connectivity index (χ0n) is 13.5. The van der Waals surface area contributed by atoms with Crippen LogP contribution in [0.3, 0.4) is 0 Å². The minimum atomic E-state index is -3.51. The van der Waals surface area contributed by atoms with Gasteiger partial charge in [-0.25, -0.2) is 14.4 Å². The van der Waals surface area contributed by atoms with Crippen LogP contribution in [0.2, 0.25) is 0 Å². The number of hydrogen-bond acceptors (Lipinski definition) is 6. The number of benzene rings is 1. The molecule has 2 aromatic rings. The molecular weight excluding hydrogens is 351 g/mol. The average Bonchev–Trinajstić information content (AvgIpc) is 2.61. The second-order valence-corrected chi connectivity index (χ2v) is 5.75. The largest absolute Gasteiger partial charge is 0.459 e. The van der Waals surface area contributed by atoms with Crippen molar-refractivity contribution in [3.8, 4) is 0 Å². The van der Waals surface area contributed by atoms with Crippen molar-refractivity contribution < 1.29 is 22.7 Å². The molecule has 1 aromatic carbocycles. The first-order valence-corrected chi connectivity index (χ1v) is 7.46. The van der Waals surface area contributed by atoms with Crippen molar-refractivity contribution in [3.05, 3.63) is 53.9 Å². The van der Waals surface area contributed by atoms with Gasteiger partial charge in [0.2, 0.25) is 0 Å². The van der Waals surface area contributed by atoms with Crippen molar-refractivity contribution in [2.75, 3.05) is 11.9 Å². The highest BCUT2D eigenvalue weighted by Gasteiger charge is 2.56. The quantitative estimate of drug-likeness (QED) is 0.867. The number of amidine groups is 1. The van der Waals surface area contributed by atoms with E-state index in [0.29, 0.717) is 0 Å². The Balaban J connectivity index is 1.98. The van der Waals surface area contributed by atoms with Gasteiger partial charge in [-0.1, -0.05) is 0 Å². The number of alkyl halides is 2. The van der Waals surface area contributed by atoms with E-state index in [1.165, 1.54) is 24.7 Å². The SMILES string of the molecule is C[C@]1(c2cc(NC(=O)c3cnccn3)ccc2F)N=C(N)OCC1(F)F. The van der Waals surface area contributed by atoms with Gasteiger partial charge < -0.3 is 15.8 Å². The molecule has 3 rings (SSSR count). The summed E-state index contributed by atoms with van der Waals surface area (Å²) in [6.07, 6.45) is 3.95. The molecule has 0 radical (unpaired) electrons. The van der Waals surface area contributed by atoms with E-state index in [0.717, 1.165) is 19.1 Å². The summed E-state index contributed by atoms with van der Waals surface area (Å²) in [4.78, 5) is 23.3. The molecule has 2 heterocycles. The number of nitrogens with two attached hydrogens (primary N) is 1. The Bertz CT molecular complexity index is 875. The van der Waals surface area contributed by atoms with Crippen LogP contribution in [0, 0.1) is 5.82 Å². The third-order valence-electron chi connectivity index (χ3n) is 3.99. The summed E-state index contributed by atoms with van der Waals surface area (Å²) in [7, 11) is 0. The van der Waals surface area contributed by atoms with Crippen molar-refractivity contribution in [2.45, 2.75) is 18.4 Å². The third-order valence-corrected chi connectivity index (χ3v) is 3.99. The third kappa shape index (κ3) is 3.05. The number of aromatic nitrogens is 2. The van der Waals surface area contributed by atoms with Crippen LogP contribution in [0.4, 0.5) is 18.9 Å². The highest BCUT2D eigenvalue weighted by molar-refractivity contribution is 6.02. The van der Waals surface area contributed by atoms with Crippen LogP contribution in [-0.4, -0.2) is 34.4 Å². The minimum absolute atomic E-state index is 0.0169. The Morgan fingerprint density at radius 1 is 1.35 bits per heavy atom. The molecular formula is C16H14F3N5O2. The lowest BCUT2D eigenvalue weighted by Crippen LogP contribution is -2.51. The monoisotopic (exact) mass is 365 g/mol. The second-order valence-electron chi connectivity index (χ2n) is 5.75. The first-order chi connectivity index (χ1) is 12.2. The average molecular weight is 365 g/mol. The molecule has 7 nitrogen and oxygen atoms in total. The van der Waals surface area contributed by atoms with E-state index >= 15 is 0 Å². The van der Waals surface area contributed by atoms with Crippen molar-refractivity contribution in [3.63, 3.8) is 0 Å². The molecule has 1 aliphatic heterocycles. The molecule has 0 bridgehead atoms. The molecule has 136 valence electrons. The molecule has 1 aliphatic rings. The predicted molar refractivity (Wildman–Crippen MR) is 86.3 cm³/mol. The van der Waals surface area contributed by atoms with Crippen LogP contribution in [0.25, 0.3) is 0 Å². The van der Waals surface area contributed by atoms with E-state index in [-0.39, 0.29) is 11.4 Å². The standard InChI is InChI=1S/C16H14F3N5O2/c1-15(16(18,19)8-26-14(20)24-15)10-6-9(2-3-11(10)17)23-13(25)12-7-21-4-5-22-12/h2-7H,8H2,1H3,(H2,20,24)(H,23,25)/t15-/m1/s1. The van der Waals surface area contributed by atoms with Crippen LogP contribution in [-0.2, 0) is 10.3 Å². The fourth-order valence-electron chi connectivity index (χ4n) is 2.48. The lowest BCUT2D eigenvalue weighted by atomic mass is 9.85. The van der Waals surface area contributed by atoms with Gasteiger partial charge in [0.25, 0.3) is 11.9 Å². The zero-order valence-corrected chi connectivity index (χ0v) is 13.5. The Morgan fingerprint density at radius 2 is 2.12 bits per heavy atom. The molecule has 1 amide bonds. The lowest BCUT2D eigenvalue weighted by molar-refractivity contribution is -0.117. The van der Waals surface area contributed by atoms with Crippen LogP contribution in [0.1, 0.15) is 23.0 Å². The van der Waals surface area contributed by atoms with Crippen molar-refractivity contribution in [2.24, 2.45) is 10.7 Å². The molecule has 0 saturated carbocycles. The number of ether oxygens (including phenoxy) is 1. The molecule has 3 N–H and O–H groups in total. The summed E-state index contributed by atoms with van der Waals surface area (Å²) in [5, 5.41) is 2.46. The zero-order chi connectivity index (χ0) is 18.9. The van der Waals surface area contributed by atoms with E-state index in [1.54, 1.807) is 0 Å². The Morgan fingerprint density at radius 3 is 2.81 bits per heavy atom. The fourth-order valence-corrected chi connectivity index (χ4v) is 2.48. The van der Waals surface area contributed by atoms with Crippen molar-refractivity contribution in [1.29, 1.82) is 0 Å². The van der Waals surface area contributed by atoms with Gasteiger partial charge in [0.05, 0.1) is 6.20 Å². The summed E-state index contributed by atoms with van der Waals surface area (Å²) in [5.74, 6) is -5.05. The highest BCUT2D eigenvalue weighted by atomic mass is 19.3. The van der Waals surface area contributed by atoms with Gasteiger partial charge in [-0.2, -0.15) is 8.78 Å². The number of hydrogen-bond donors (Lipinski definition) is 2. The Hall–Kier alpha value is -3.17. The van der Waals surface area contributed by atoms with Crippen LogP contribution >= 0.6 is 0 Å². The summed E-state index contributed by atoms with van der Waals surface area (Å²) < 4.78 is 47.7. The smallest absolute Gasteiger partial charge is 0.310 e. The highest BCUT2D eigenvalue weighted by Crippen LogP contribution is 2.44. The number of amides is 1. The second kappa shape index (κ2) is 6.28. The van der Waals surface area contributed by atoms with Gasteiger partial charge >= 0.3 is 5.92 Å². The number of carbonyl (C=O) groups is 1. The van der Waals surface area contributed by atoms with Crippen LogP contribution in [0.5, 0.6) is 0 Å². The van der Waals surface area contributed by atoms with Gasteiger partial charge in [-0.3, -0.25) is 9.78 Å². The first-order valence-electron chi connectivity index (χ1n) is 7.46. The maximum Gasteiger partial charge on any atom is 0.310 e. The lowest BCUT2D eigenvalue weighted by Gasteiger charge is -2.37. The maximum absolute atomic E-state index is 14.4. The van der Waals surface area contributed by atoms with Crippen molar-refractivity contribution in [1.82, 2.24) is 9.97 Å². The summed E-state index contributed by atoms with van der Waals surface area (Å²) in [5.41, 5.74) is 2.80.